The second-order valence-electron chi connectivity index (χ2n) is 5.97. The molecule has 0 amide bonds. The molecule has 7 nitrogen and oxygen atoms in total. The number of hydrogen-bond donors (Lipinski definition) is 6. The summed E-state index contributed by atoms with van der Waals surface area (Å²) in [6.45, 7) is -0.809. The Kier molecular flexibility index (Phi) is 5.84. The molecule has 1 aromatic carbocycles. The van der Waals surface area contributed by atoms with Gasteiger partial charge < -0.3 is 36.5 Å². The van der Waals surface area contributed by atoms with Crippen molar-refractivity contribution in [1.29, 1.82) is 0 Å². The number of aryl methyl sites for hydroxylation is 1. The van der Waals surface area contributed by atoms with Crippen LogP contribution in [-0.2, 0) is 19.9 Å². The van der Waals surface area contributed by atoms with E-state index in [0.717, 1.165) is 11.3 Å². The Morgan fingerprint density at radius 3 is 2.12 bits per heavy atom. The summed E-state index contributed by atoms with van der Waals surface area (Å²) >= 11 is 0. The first kappa shape index (κ1) is 18.3. The zero-order valence-corrected chi connectivity index (χ0v) is 13.7. The lowest BCUT2D eigenvalue weighted by Gasteiger charge is -2.21. The highest BCUT2D eigenvalue weighted by Crippen LogP contribution is 2.36. The molecule has 0 saturated heterocycles. The largest absolute Gasteiger partial charge is 0.398 e. The lowest BCUT2D eigenvalue weighted by Crippen LogP contribution is -2.22. The number of aliphatic hydroxyl groups is 4. The van der Waals surface area contributed by atoms with Crippen molar-refractivity contribution in [2.24, 2.45) is 7.05 Å². The summed E-state index contributed by atoms with van der Waals surface area (Å²) in [5.41, 5.74) is 16.1. The van der Waals surface area contributed by atoms with Crippen LogP contribution in [0, 0.1) is 0 Å². The molecule has 7 heteroatoms. The van der Waals surface area contributed by atoms with Gasteiger partial charge in [-0.25, -0.2) is 0 Å². The lowest BCUT2D eigenvalue weighted by molar-refractivity contribution is 0.0914. The van der Waals surface area contributed by atoms with Crippen LogP contribution in [0.25, 0.3) is 11.3 Å². The van der Waals surface area contributed by atoms with E-state index < -0.39 is 25.4 Å². The van der Waals surface area contributed by atoms with Crippen LogP contribution in [0.2, 0.25) is 0 Å². The van der Waals surface area contributed by atoms with Crippen LogP contribution in [0.4, 0.5) is 11.4 Å². The quantitative estimate of drug-likeness (QED) is 0.382. The molecule has 0 aliphatic carbocycles. The molecule has 2 unspecified atom stereocenters. The lowest BCUT2D eigenvalue weighted by atomic mass is 9.90. The Morgan fingerprint density at radius 1 is 1.04 bits per heavy atom. The van der Waals surface area contributed by atoms with E-state index in [9.17, 15) is 10.2 Å². The first-order valence-corrected chi connectivity index (χ1v) is 7.78. The molecule has 24 heavy (non-hydrogen) atoms. The number of anilines is 2. The molecule has 132 valence electrons. The first-order valence-electron chi connectivity index (χ1n) is 7.78. The highest BCUT2D eigenvalue weighted by Gasteiger charge is 2.21. The standard InChI is InChI=1S/C17H25N3O4/c1-20-4-2-3-16(20)14-7-15(18)12(5-10(23)8-21)13(17(14)19)6-11(24)9-22/h2-4,7,10-11,21-24H,5-6,8-9,18-19H2,1H3. The molecule has 2 atom stereocenters. The van der Waals surface area contributed by atoms with Crippen LogP contribution in [0.15, 0.2) is 24.4 Å². The monoisotopic (exact) mass is 335 g/mol. The highest BCUT2D eigenvalue weighted by atomic mass is 16.3. The number of aliphatic hydroxyl groups excluding tert-OH is 4. The smallest absolute Gasteiger partial charge is 0.0812 e. The Morgan fingerprint density at radius 2 is 1.62 bits per heavy atom. The molecule has 1 aromatic heterocycles. The van der Waals surface area contributed by atoms with Crippen LogP contribution in [0.5, 0.6) is 0 Å². The summed E-state index contributed by atoms with van der Waals surface area (Å²) in [6, 6.07) is 5.52. The van der Waals surface area contributed by atoms with Gasteiger partial charge in [0.05, 0.1) is 25.4 Å². The van der Waals surface area contributed by atoms with E-state index in [0.29, 0.717) is 22.5 Å². The molecule has 0 aliphatic heterocycles. The van der Waals surface area contributed by atoms with E-state index in [1.165, 1.54) is 0 Å². The van der Waals surface area contributed by atoms with Gasteiger partial charge >= 0.3 is 0 Å². The molecule has 0 saturated carbocycles. The average Bonchev–Trinajstić information content (AvgIpc) is 2.99. The third-order valence-electron chi connectivity index (χ3n) is 4.15. The van der Waals surface area contributed by atoms with Gasteiger partial charge in [-0.1, -0.05) is 0 Å². The van der Waals surface area contributed by atoms with E-state index in [4.69, 9.17) is 21.7 Å². The molecule has 0 aliphatic rings. The minimum Gasteiger partial charge on any atom is -0.398 e. The topological polar surface area (TPSA) is 138 Å². The first-order chi connectivity index (χ1) is 11.4. The van der Waals surface area contributed by atoms with E-state index in [1.54, 1.807) is 6.07 Å². The van der Waals surface area contributed by atoms with Crippen LogP contribution >= 0.6 is 0 Å². The van der Waals surface area contributed by atoms with Crippen molar-refractivity contribution in [3.8, 4) is 11.3 Å². The Hall–Kier alpha value is -2.06. The second-order valence-corrected chi connectivity index (χ2v) is 5.97. The summed E-state index contributed by atoms with van der Waals surface area (Å²) in [6.07, 6.45) is 0.153. The van der Waals surface area contributed by atoms with Gasteiger partial charge in [0.25, 0.3) is 0 Å². The average molecular weight is 335 g/mol. The van der Waals surface area contributed by atoms with Gasteiger partial charge in [0.2, 0.25) is 0 Å². The predicted molar refractivity (Wildman–Crippen MR) is 93.3 cm³/mol. The Bertz CT molecular complexity index is 699. The maximum absolute atomic E-state index is 9.86. The number of hydrogen-bond acceptors (Lipinski definition) is 6. The van der Waals surface area contributed by atoms with Crippen molar-refractivity contribution in [3.63, 3.8) is 0 Å². The maximum Gasteiger partial charge on any atom is 0.0812 e. The number of rotatable bonds is 7. The molecule has 2 aromatic rings. The third kappa shape index (κ3) is 3.70. The molecule has 1 heterocycles. The minimum atomic E-state index is -0.986. The number of aromatic nitrogens is 1. The second kappa shape index (κ2) is 7.67. The van der Waals surface area contributed by atoms with E-state index in [-0.39, 0.29) is 12.8 Å². The zero-order valence-electron chi connectivity index (χ0n) is 13.7. The Labute approximate surface area is 140 Å². The minimum absolute atomic E-state index is 0.109. The van der Waals surface area contributed by atoms with Crippen LogP contribution < -0.4 is 11.5 Å². The van der Waals surface area contributed by atoms with E-state index in [1.807, 2.05) is 29.9 Å². The SMILES string of the molecule is Cn1cccc1-c1cc(N)c(CC(O)CO)c(CC(O)CO)c1N. The van der Waals surface area contributed by atoms with Crippen LogP contribution in [0.1, 0.15) is 11.1 Å². The predicted octanol–water partition coefficient (Wildman–Crippen LogP) is -0.352. The van der Waals surface area contributed by atoms with E-state index >= 15 is 0 Å². The number of benzene rings is 1. The normalized spacial score (nSPS) is 13.9. The van der Waals surface area contributed by atoms with Crippen molar-refractivity contribution >= 4 is 11.4 Å². The highest BCUT2D eigenvalue weighted by molar-refractivity contribution is 5.82. The third-order valence-corrected chi connectivity index (χ3v) is 4.15. The number of nitrogens with zero attached hydrogens (tertiary/aromatic N) is 1. The molecule has 0 fully saturated rings. The van der Waals surface area contributed by atoms with Crippen molar-refractivity contribution in [1.82, 2.24) is 4.57 Å². The van der Waals surface area contributed by atoms with Crippen molar-refractivity contribution in [2.45, 2.75) is 25.0 Å². The van der Waals surface area contributed by atoms with Crippen molar-refractivity contribution in [2.75, 3.05) is 24.7 Å². The summed E-state index contributed by atoms with van der Waals surface area (Å²) in [5.74, 6) is 0. The number of nitrogen functional groups attached to an aromatic ring is 2. The molecular weight excluding hydrogens is 310 g/mol. The van der Waals surface area contributed by atoms with Crippen LogP contribution in [0.3, 0.4) is 0 Å². The van der Waals surface area contributed by atoms with E-state index in [2.05, 4.69) is 0 Å². The fourth-order valence-corrected chi connectivity index (χ4v) is 2.85. The number of nitrogens with two attached hydrogens (primary N) is 2. The van der Waals surface area contributed by atoms with Crippen molar-refractivity contribution in [3.05, 3.63) is 35.5 Å². The van der Waals surface area contributed by atoms with Crippen molar-refractivity contribution < 1.29 is 20.4 Å². The molecule has 8 N–H and O–H groups in total. The summed E-state index contributed by atoms with van der Waals surface area (Å²) in [4.78, 5) is 0. The molecule has 2 rings (SSSR count). The van der Waals surface area contributed by atoms with Gasteiger partial charge in [0.1, 0.15) is 0 Å². The van der Waals surface area contributed by atoms with Gasteiger partial charge in [0, 0.05) is 48.7 Å². The van der Waals surface area contributed by atoms with Gasteiger partial charge in [-0.05, 0) is 29.3 Å². The molecule has 0 bridgehead atoms. The van der Waals surface area contributed by atoms with Gasteiger partial charge in [-0.2, -0.15) is 0 Å². The molecule has 0 spiro atoms. The Balaban J connectivity index is 2.60. The van der Waals surface area contributed by atoms with Crippen LogP contribution in [-0.4, -0.2) is 50.4 Å². The molecular formula is C17H25N3O4. The zero-order chi connectivity index (χ0) is 17.9. The maximum atomic E-state index is 9.86. The van der Waals surface area contributed by atoms with Gasteiger partial charge in [-0.3, -0.25) is 0 Å². The van der Waals surface area contributed by atoms with Gasteiger partial charge in [0.15, 0.2) is 0 Å². The summed E-state index contributed by atoms with van der Waals surface area (Å²) in [5, 5.41) is 37.9. The van der Waals surface area contributed by atoms with Gasteiger partial charge in [-0.15, -0.1) is 0 Å². The summed E-state index contributed by atoms with van der Waals surface area (Å²) in [7, 11) is 1.89. The fourth-order valence-electron chi connectivity index (χ4n) is 2.85. The fraction of sp³-hybridized carbons (Fsp3) is 0.412. The molecule has 0 radical (unpaired) electrons. The summed E-state index contributed by atoms with van der Waals surface area (Å²) < 4.78 is 1.90.